The van der Waals surface area contributed by atoms with Crippen molar-refractivity contribution in [1.82, 2.24) is 19.9 Å². The number of fused-ring (bicyclic) bond motifs is 2. The van der Waals surface area contributed by atoms with Crippen LogP contribution in [0.15, 0.2) is 91.5 Å². The fourth-order valence-electron chi connectivity index (χ4n) is 7.27. The molecule has 2 aromatic heterocycles. The lowest BCUT2D eigenvalue weighted by atomic mass is 10.0. The van der Waals surface area contributed by atoms with Crippen LogP contribution in [0.4, 0.5) is 10.1 Å². The van der Waals surface area contributed by atoms with Crippen LogP contribution in [0.25, 0.3) is 21.8 Å². The molecule has 5 aromatic carbocycles. The van der Waals surface area contributed by atoms with Crippen molar-refractivity contribution < 1.29 is 47.1 Å². The summed E-state index contributed by atoms with van der Waals surface area (Å²) in [5, 5.41) is 2.34. The first-order valence-electron chi connectivity index (χ1n) is 22.6. The summed E-state index contributed by atoms with van der Waals surface area (Å²) in [6.07, 6.45) is 5.02. The summed E-state index contributed by atoms with van der Waals surface area (Å²) in [6.45, 7) is 10.9. The van der Waals surface area contributed by atoms with Gasteiger partial charge in [-0.15, -0.1) is 0 Å². The molecule has 0 amide bonds. The van der Waals surface area contributed by atoms with Gasteiger partial charge in [-0.05, 0) is 85.5 Å². The van der Waals surface area contributed by atoms with Crippen molar-refractivity contribution in [2.45, 2.75) is 58.7 Å². The molecule has 0 radical (unpaired) electrons. The predicted octanol–water partition coefficient (Wildman–Crippen LogP) is 10.5. The molecule has 0 saturated carbocycles. The second-order valence-electron chi connectivity index (χ2n) is 16.7. The minimum Gasteiger partial charge on any atom is -0.493 e. The molecule has 2 fully saturated rings. The Morgan fingerprint density at radius 1 is 0.638 bits per heavy atom. The standard InChI is InChI=1S/C31H30ClFN2O5.C21H22ClN3O4/c1-19-4-7-28(33)22(10-19)13-23(36)12-21-5-6-24(14-27(21)32)40-31-26-11-20(2)30(15-29(26)34-18-35-31)39-9-3-8-38-25-16-37-17-25;1-13-7-16-19(9-20(13)28-6-2-5-27-15-10-26-11-15)24-12-25-21(16)29-14-3-4-18(23)17(22)8-14/h4-7,10-11,14-15,18,25H,3,8-9,12-13,16-17H2,1-2H3;3-4,7-9,12,15H,2,5-6,10-11,23H2,1H3. The Kier molecular flexibility index (Phi) is 16.7. The first-order valence-corrected chi connectivity index (χ1v) is 23.3. The molecule has 360 valence electrons. The highest BCUT2D eigenvalue weighted by Gasteiger charge is 2.20. The maximum atomic E-state index is 14.1. The Morgan fingerprint density at radius 3 is 1.67 bits per heavy atom. The van der Waals surface area contributed by atoms with Gasteiger partial charge in [-0.25, -0.2) is 24.3 Å². The average Bonchev–Trinajstić information content (AvgIpc) is 3.29. The van der Waals surface area contributed by atoms with E-state index in [1.165, 1.54) is 18.7 Å². The Balaban J connectivity index is 0.000000196. The highest BCUT2D eigenvalue weighted by atomic mass is 35.5. The van der Waals surface area contributed by atoms with E-state index in [9.17, 15) is 9.18 Å². The molecule has 14 nitrogen and oxygen atoms in total. The molecule has 0 bridgehead atoms. The number of Topliss-reactive ketones (excluding diaryl/α,β-unsaturated/α-hetero) is 1. The van der Waals surface area contributed by atoms with Crippen LogP contribution in [0.2, 0.25) is 10.0 Å². The van der Waals surface area contributed by atoms with Crippen molar-refractivity contribution in [3.8, 4) is 34.8 Å². The first-order chi connectivity index (χ1) is 33.4. The van der Waals surface area contributed by atoms with Gasteiger partial charge in [0.05, 0.1) is 85.4 Å². The number of carbonyl (C=O) groups excluding carboxylic acids is 1. The van der Waals surface area contributed by atoms with Gasteiger partial charge in [0, 0.05) is 48.9 Å². The van der Waals surface area contributed by atoms with E-state index in [4.69, 9.17) is 66.8 Å². The van der Waals surface area contributed by atoms with E-state index < -0.39 is 0 Å². The molecule has 9 rings (SSSR count). The number of benzene rings is 5. The molecular formula is C52H52Cl2FN5O9. The number of ketones is 1. The van der Waals surface area contributed by atoms with Gasteiger partial charge in [0.15, 0.2) is 0 Å². The number of anilines is 1. The molecule has 2 aliphatic heterocycles. The number of aryl methyl sites for hydroxylation is 3. The van der Waals surface area contributed by atoms with Gasteiger partial charge < -0.3 is 43.6 Å². The Hall–Kier alpha value is -6.20. The van der Waals surface area contributed by atoms with Gasteiger partial charge in [-0.1, -0.05) is 47.0 Å². The Labute approximate surface area is 409 Å². The number of ether oxygens (including phenoxy) is 8. The Morgan fingerprint density at radius 2 is 1.16 bits per heavy atom. The van der Waals surface area contributed by atoms with E-state index in [1.807, 2.05) is 45.0 Å². The summed E-state index contributed by atoms with van der Waals surface area (Å²) >= 11 is 12.6. The zero-order chi connectivity index (χ0) is 48.3. The van der Waals surface area contributed by atoms with E-state index in [0.717, 1.165) is 57.3 Å². The van der Waals surface area contributed by atoms with Crippen molar-refractivity contribution in [2.75, 3.05) is 58.6 Å². The minimum absolute atomic E-state index is 0.00371. The number of hydrogen-bond acceptors (Lipinski definition) is 14. The number of nitrogens with two attached hydrogens (primary N) is 1. The summed E-state index contributed by atoms with van der Waals surface area (Å²) in [6, 6.07) is 22.6. The van der Waals surface area contributed by atoms with Crippen molar-refractivity contribution in [2.24, 2.45) is 0 Å². The lowest BCUT2D eigenvalue weighted by Crippen LogP contribution is -2.36. The molecule has 2 N–H and O–H groups in total. The largest absolute Gasteiger partial charge is 0.493 e. The fourth-order valence-corrected chi connectivity index (χ4v) is 7.68. The Bertz CT molecular complexity index is 2920. The van der Waals surface area contributed by atoms with Crippen LogP contribution < -0.4 is 24.7 Å². The molecule has 69 heavy (non-hydrogen) atoms. The topological polar surface area (TPSA) is 168 Å². The minimum atomic E-state index is -0.385. The number of rotatable bonds is 20. The fraction of sp³-hybridized carbons (Fsp3) is 0.327. The SMILES string of the molecule is Cc1cc2c(Oc3ccc(N)c(Cl)c3)ncnc2cc1OCCCOC1COC1.Cc1ccc(F)c(CC(=O)Cc2ccc(Oc3ncnc4cc(OCCCOC5COC5)c(C)cc34)cc2Cl)c1. The molecule has 17 heteroatoms. The summed E-state index contributed by atoms with van der Waals surface area (Å²) in [4.78, 5) is 29.9. The smallest absolute Gasteiger partial charge is 0.230 e. The number of halogens is 3. The third kappa shape index (κ3) is 13.3. The highest BCUT2D eigenvalue weighted by molar-refractivity contribution is 6.33. The molecular weight excluding hydrogens is 929 g/mol. The van der Waals surface area contributed by atoms with Crippen molar-refractivity contribution in [3.63, 3.8) is 0 Å². The van der Waals surface area contributed by atoms with E-state index in [2.05, 4.69) is 19.9 Å². The third-order valence-electron chi connectivity index (χ3n) is 11.2. The van der Waals surface area contributed by atoms with Gasteiger partial charge in [0.2, 0.25) is 11.8 Å². The van der Waals surface area contributed by atoms with Crippen LogP contribution in [0.5, 0.6) is 34.8 Å². The number of carbonyl (C=O) groups is 1. The quantitative estimate of drug-likeness (QED) is 0.0566. The normalized spacial score (nSPS) is 13.6. The van der Waals surface area contributed by atoms with Crippen LogP contribution in [-0.2, 0) is 36.6 Å². The van der Waals surface area contributed by atoms with Crippen molar-refractivity contribution >= 4 is 56.5 Å². The predicted molar refractivity (Wildman–Crippen MR) is 261 cm³/mol. The third-order valence-corrected chi connectivity index (χ3v) is 11.9. The molecule has 0 unspecified atom stereocenters. The summed E-state index contributed by atoms with van der Waals surface area (Å²) in [7, 11) is 0. The van der Waals surface area contributed by atoms with Crippen LogP contribution in [0.3, 0.4) is 0 Å². The van der Waals surface area contributed by atoms with Gasteiger partial charge in [0.1, 0.15) is 59.5 Å². The zero-order valence-electron chi connectivity index (χ0n) is 38.5. The summed E-state index contributed by atoms with van der Waals surface area (Å²) in [5.74, 6) is 2.86. The van der Waals surface area contributed by atoms with Crippen molar-refractivity contribution in [1.29, 1.82) is 0 Å². The van der Waals surface area contributed by atoms with Crippen LogP contribution in [0.1, 0.15) is 40.7 Å². The number of nitrogens with zero attached hydrogens (tertiary/aromatic N) is 4. The number of aromatic nitrogens is 4. The molecule has 0 spiro atoms. The summed E-state index contributed by atoms with van der Waals surface area (Å²) < 4.78 is 59.4. The number of nitrogen functional groups attached to an aromatic ring is 1. The molecule has 0 aliphatic carbocycles. The average molecular weight is 981 g/mol. The highest BCUT2D eigenvalue weighted by Crippen LogP contribution is 2.35. The molecule has 2 saturated heterocycles. The van der Waals surface area contributed by atoms with E-state index >= 15 is 0 Å². The van der Waals surface area contributed by atoms with E-state index in [1.54, 1.807) is 48.5 Å². The second kappa shape index (κ2) is 23.4. The summed E-state index contributed by atoms with van der Waals surface area (Å²) in [5.41, 5.74) is 11.5. The first kappa shape index (κ1) is 49.2. The van der Waals surface area contributed by atoms with Gasteiger partial charge >= 0.3 is 0 Å². The van der Waals surface area contributed by atoms with Gasteiger partial charge in [0.25, 0.3) is 0 Å². The van der Waals surface area contributed by atoms with Crippen molar-refractivity contribution in [3.05, 3.63) is 135 Å². The van der Waals surface area contributed by atoms with E-state index in [-0.39, 0.29) is 36.7 Å². The van der Waals surface area contributed by atoms with Crippen LogP contribution in [0, 0.1) is 26.6 Å². The maximum Gasteiger partial charge on any atom is 0.230 e. The van der Waals surface area contributed by atoms with Crippen LogP contribution >= 0.6 is 23.2 Å². The maximum absolute atomic E-state index is 14.1. The molecule has 4 heterocycles. The molecule has 0 atom stereocenters. The van der Waals surface area contributed by atoms with E-state index in [0.29, 0.717) is 108 Å². The second-order valence-corrected chi connectivity index (χ2v) is 17.5. The zero-order valence-corrected chi connectivity index (χ0v) is 40.0. The number of hydrogen-bond donors (Lipinski definition) is 1. The van der Waals surface area contributed by atoms with Gasteiger partial charge in [-0.3, -0.25) is 4.79 Å². The van der Waals surface area contributed by atoms with Crippen LogP contribution in [-0.4, -0.2) is 90.8 Å². The molecule has 2 aliphatic rings. The lowest BCUT2D eigenvalue weighted by molar-refractivity contribution is -0.130. The van der Waals surface area contributed by atoms with Gasteiger partial charge in [-0.2, -0.15) is 0 Å². The lowest BCUT2D eigenvalue weighted by Gasteiger charge is -2.25. The molecule has 7 aromatic rings. The monoisotopic (exact) mass is 979 g/mol.